The van der Waals surface area contributed by atoms with Gasteiger partial charge in [-0.25, -0.2) is 4.98 Å². The van der Waals surface area contributed by atoms with Crippen LogP contribution in [0.15, 0.2) is 24.4 Å². The standard InChI is InChI=1S/C14H16N2O2S/c1-15-5-4-14-16-9-13(19-14)10-2-3-11-12(8-10)18-7-6-17-11/h2-3,8-9,15H,4-7H2,1H3. The van der Waals surface area contributed by atoms with E-state index < -0.39 is 0 Å². The zero-order chi connectivity index (χ0) is 13.1. The summed E-state index contributed by atoms with van der Waals surface area (Å²) in [5, 5.41) is 4.29. The maximum absolute atomic E-state index is 5.61. The Morgan fingerprint density at radius 3 is 2.95 bits per heavy atom. The molecule has 1 N–H and O–H groups in total. The van der Waals surface area contributed by atoms with Gasteiger partial charge in [0.1, 0.15) is 13.2 Å². The Balaban J connectivity index is 1.83. The highest BCUT2D eigenvalue weighted by atomic mass is 32.1. The van der Waals surface area contributed by atoms with Crippen LogP contribution in [0.1, 0.15) is 5.01 Å². The number of benzene rings is 1. The Labute approximate surface area is 116 Å². The van der Waals surface area contributed by atoms with E-state index >= 15 is 0 Å². The highest BCUT2D eigenvalue weighted by Gasteiger charge is 2.13. The third-order valence-corrected chi connectivity index (χ3v) is 4.08. The molecule has 0 aliphatic carbocycles. The molecular weight excluding hydrogens is 260 g/mol. The largest absolute Gasteiger partial charge is 0.486 e. The second-order valence-corrected chi connectivity index (χ2v) is 5.45. The highest BCUT2D eigenvalue weighted by molar-refractivity contribution is 7.15. The van der Waals surface area contributed by atoms with Crippen molar-refractivity contribution in [1.82, 2.24) is 10.3 Å². The molecule has 100 valence electrons. The Hall–Kier alpha value is -1.59. The molecule has 19 heavy (non-hydrogen) atoms. The third-order valence-electron chi connectivity index (χ3n) is 2.97. The summed E-state index contributed by atoms with van der Waals surface area (Å²) in [6.45, 7) is 2.20. The number of nitrogens with one attached hydrogen (secondary N) is 1. The normalized spacial score (nSPS) is 13.5. The summed E-state index contributed by atoms with van der Waals surface area (Å²) >= 11 is 1.73. The molecule has 0 unspecified atom stereocenters. The zero-order valence-corrected chi connectivity index (χ0v) is 11.6. The van der Waals surface area contributed by atoms with E-state index in [0.29, 0.717) is 13.2 Å². The van der Waals surface area contributed by atoms with Crippen LogP contribution in [0.25, 0.3) is 10.4 Å². The SMILES string of the molecule is CNCCc1ncc(-c2ccc3c(c2)OCCO3)s1. The van der Waals surface area contributed by atoms with Crippen LogP contribution >= 0.6 is 11.3 Å². The van der Waals surface area contributed by atoms with Crippen molar-refractivity contribution in [3.05, 3.63) is 29.4 Å². The van der Waals surface area contributed by atoms with Crippen molar-refractivity contribution in [2.45, 2.75) is 6.42 Å². The maximum atomic E-state index is 5.61. The van der Waals surface area contributed by atoms with Gasteiger partial charge in [0.05, 0.1) is 9.88 Å². The fourth-order valence-corrected chi connectivity index (χ4v) is 2.90. The fraction of sp³-hybridized carbons (Fsp3) is 0.357. The molecule has 0 saturated carbocycles. The van der Waals surface area contributed by atoms with Crippen LogP contribution in [0.3, 0.4) is 0 Å². The number of fused-ring (bicyclic) bond motifs is 1. The number of ether oxygens (including phenoxy) is 2. The summed E-state index contributed by atoms with van der Waals surface area (Å²) in [7, 11) is 1.95. The minimum Gasteiger partial charge on any atom is -0.486 e. The fourth-order valence-electron chi connectivity index (χ4n) is 1.99. The number of thiazole rings is 1. The van der Waals surface area contributed by atoms with E-state index in [2.05, 4.69) is 16.4 Å². The lowest BCUT2D eigenvalue weighted by Gasteiger charge is -2.18. The van der Waals surface area contributed by atoms with Gasteiger partial charge in [-0.15, -0.1) is 11.3 Å². The second-order valence-electron chi connectivity index (χ2n) is 4.33. The van der Waals surface area contributed by atoms with Gasteiger partial charge in [-0.3, -0.25) is 0 Å². The van der Waals surface area contributed by atoms with Gasteiger partial charge in [-0.2, -0.15) is 0 Å². The van der Waals surface area contributed by atoms with Gasteiger partial charge in [0.15, 0.2) is 11.5 Å². The third kappa shape index (κ3) is 2.72. The summed E-state index contributed by atoms with van der Waals surface area (Å²) in [6.07, 6.45) is 2.90. The molecule has 1 aliphatic heterocycles. The molecule has 0 bridgehead atoms. The van der Waals surface area contributed by atoms with E-state index in [4.69, 9.17) is 9.47 Å². The van der Waals surface area contributed by atoms with Crippen LogP contribution in [-0.2, 0) is 6.42 Å². The summed E-state index contributed by atoms with van der Waals surface area (Å²) < 4.78 is 11.1. The molecule has 0 spiro atoms. The average Bonchev–Trinajstić information content (AvgIpc) is 2.93. The smallest absolute Gasteiger partial charge is 0.162 e. The number of aromatic nitrogens is 1. The molecule has 1 aliphatic rings. The van der Waals surface area contributed by atoms with Crippen LogP contribution in [0.4, 0.5) is 0 Å². The molecule has 2 heterocycles. The highest BCUT2D eigenvalue weighted by Crippen LogP contribution is 2.36. The van der Waals surface area contributed by atoms with E-state index in [1.165, 1.54) is 4.88 Å². The van der Waals surface area contributed by atoms with Gasteiger partial charge in [0, 0.05) is 19.2 Å². The van der Waals surface area contributed by atoms with Crippen molar-refractivity contribution >= 4 is 11.3 Å². The number of nitrogens with zero attached hydrogens (tertiary/aromatic N) is 1. The predicted molar refractivity (Wildman–Crippen MR) is 76.2 cm³/mol. The van der Waals surface area contributed by atoms with Crippen molar-refractivity contribution in [2.24, 2.45) is 0 Å². The molecule has 0 radical (unpaired) electrons. The van der Waals surface area contributed by atoms with Gasteiger partial charge < -0.3 is 14.8 Å². The Morgan fingerprint density at radius 2 is 2.11 bits per heavy atom. The van der Waals surface area contributed by atoms with Crippen LogP contribution in [0, 0.1) is 0 Å². The van der Waals surface area contributed by atoms with Gasteiger partial charge in [-0.1, -0.05) is 0 Å². The Bertz CT molecular complexity index is 568. The van der Waals surface area contributed by atoms with E-state index in [1.807, 2.05) is 25.4 Å². The average molecular weight is 276 g/mol. The molecule has 1 aromatic carbocycles. The monoisotopic (exact) mass is 276 g/mol. The minimum atomic E-state index is 0.618. The minimum absolute atomic E-state index is 0.618. The summed E-state index contributed by atoms with van der Waals surface area (Å²) in [4.78, 5) is 5.62. The number of likely N-dealkylation sites (N-methyl/N-ethyl adjacent to an activating group) is 1. The van der Waals surface area contributed by atoms with E-state index in [-0.39, 0.29) is 0 Å². The first-order valence-electron chi connectivity index (χ1n) is 6.36. The summed E-state index contributed by atoms with van der Waals surface area (Å²) in [5.74, 6) is 1.66. The van der Waals surface area contributed by atoms with Crippen molar-refractivity contribution in [3.63, 3.8) is 0 Å². The van der Waals surface area contributed by atoms with Crippen molar-refractivity contribution < 1.29 is 9.47 Å². The Morgan fingerprint density at radius 1 is 1.26 bits per heavy atom. The quantitative estimate of drug-likeness (QED) is 0.931. The molecule has 0 atom stereocenters. The van der Waals surface area contributed by atoms with E-state index in [0.717, 1.165) is 35.0 Å². The van der Waals surface area contributed by atoms with E-state index in [1.54, 1.807) is 11.3 Å². The molecule has 4 nitrogen and oxygen atoms in total. The molecule has 1 aromatic heterocycles. The molecule has 3 rings (SSSR count). The van der Waals surface area contributed by atoms with Gasteiger partial charge >= 0.3 is 0 Å². The lowest BCUT2D eigenvalue weighted by molar-refractivity contribution is 0.171. The van der Waals surface area contributed by atoms with Crippen LogP contribution in [0.5, 0.6) is 11.5 Å². The molecule has 0 amide bonds. The van der Waals surface area contributed by atoms with Crippen molar-refractivity contribution in [2.75, 3.05) is 26.8 Å². The number of hydrogen-bond acceptors (Lipinski definition) is 5. The number of rotatable bonds is 4. The van der Waals surface area contributed by atoms with Gasteiger partial charge in [-0.05, 0) is 30.8 Å². The Kier molecular flexibility index (Phi) is 3.66. The first-order chi connectivity index (χ1) is 9.36. The maximum Gasteiger partial charge on any atom is 0.162 e. The molecule has 0 saturated heterocycles. The predicted octanol–water partition coefficient (Wildman–Crippen LogP) is 2.34. The summed E-state index contributed by atoms with van der Waals surface area (Å²) in [6, 6.07) is 6.06. The van der Waals surface area contributed by atoms with Crippen molar-refractivity contribution in [1.29, 1.82) is 0 Å². The van der Waals surface area contributed by atoms with Crippen LogP contribution < -0.4 is 14.8 Å². The molecular formula is C14H16N2O2S. The lowest BCUT2D eigenvalue weighted by atomic mass is 10.2. The molecule has 5 heteroatoms. The van der Waals surface area contributed by atoms with Crippen LogP contribution in [-0.4, -0.2) is 31.8 Å². The second kappa shape index (κ2) is 5.59. The van der Waals surface area contributed by atoms with E-state index in [9.17, 15) is 0 Å². The lowest BCUT2D eigenvalue weighted by Crippen LogP contribution is -2.15. The zero-order valence-electron chi connectivity index (χ0n) is 10.8. The van der Waals surface area contributed by atoms with Gasteiger partial charge in [0.2, 0.25) is 0 Å². The molecule has 2 aromatic rings. The molecule has 0 fully saturated rings. The topological polar surface area (TPSA) is 43.4 Å². The van der Waals surface area contributed by atoms with Crippen molar-refractivity contribution in [3.8, 4) is 21.9 Å². The van der Waals surface area contributed by atoms with Gasteiger partial charge in [0.25, 0.3) is 0 Å². The number of hydrogen-bond donors (Lipinski definition) is 1. The van der Waals surface area contributed by atoms with Crippen LogP contribution in [0.2, 0.25) is 0 Å². The first kappa shape index (κ1) is 12.4. The first-order valence-corrected chi connectivity index (χ1v) is 7.18. The summed E-state index contributed by atoms with van der Waals surface area (Å²) in [5.41, 5.74) is 1.14.